The summed E-state index contributed by atoms with van der Waals surface area (Å²) in [6.45, 7) is 7.37. The Morgan fingerprint density at radius 2 is 1.92 bits per heavy atom. The van der Waals surface area contributed by atoms with Gasteiger partial charge in [0.15, 0.2) is 0 Å². The van der Waals surface area contributed by atoms with E-state index in [9.17, 15) is 9.59 Å². The van der Waals surface area contributed by atoms with E-state index in [1.54, 1.807) is 27.0 Å². The van der Waals surface area contributed by atoms with Crippen LogP contribution in [0.15, 0.2) is 24.3 Å². The Labute approximate surface area is 148 Å². The largest absolute Gasteiger partial charge is 0.497 e. The number of pyridine rings is 1. The first-order chi connectivity index (χ1) is 11.8. The summed E-state index contributed by atoms with van der Waals surface area (Å²) in [4.78, 5) is 29.1. The lowest BCUT2D eigenvalue weighted by atomic mass is 10.1. The molecule has 0 fully saturated rings. The lowest BCUT2D eigenvalue weighted by Gasteiger charge is -2.18. The minimum Gasteiger partial charge on any atom is -0.497 e. The third-order valence-electron chi connectivity index (χ3n) is 4.20. The number of carbonyl (C=O) groups is 2. The van der Waals surface area contributed by atoms with Crippen LogP contribution in [0.5, 0.6) is 5.75 Å². The number of fused-ring (bicyclic) bond motifs is 1. The van der Waals surface area contributed by atoms with Crippen molar-refractivity contribution in [3.05, 3.63) is 35.5 Å². The first-order valence-electron chi connectivity index (χ1n) is 8.42. The van der Waals surface area contributed by atoms with E-state index in [-0.39, 0.29) is 17.9 Å². The monoisotopic (exact) mass is 343 g/mol. The van der Waals surface area contributed by atoms with Crippen LogP contribution in [0.25, 0.3) is 10.9 Å². The Kier molecular flexibility index (Phi) is 5.96. The zero-order valence-electron chi connectivity index (χ0n) is 15.3. The van der Waals surface area contributed by atoms with Gasteiger partial charge in [-0.2, -0.15) is 0 Å². The van der Waals surface area contributed by atoms with E-state index in [1.807, 2.05) is 32.0 Å². The number of nitrogens with one attached hydrogen (secondary N) is 2. The standard InChI is InChI=1S/C19H25N3O3/c1-6-11(2)20-18(23)13(4)22-19(24)16-10-14-9-15(25-5)7-8-17(14)21-12(16)3/h7-11,13H,6H2,1-5H3,(H,20,23)(H,22,24)/t11-,13+/m1/s1. The summed E-state index contributed by atoms with van der Waals surface area (Å²) in [5.74, 6) is 0.183. The third-order valence-corrected chi connectivity index (χ3v) is 4.20. The molecule has 134 valence electrons. The Morgan fingerprint density at radius 3 is 2.56 bits per heavy atom. The van der Waals surface area contributed by atoms with Gasteiger partial charge in [0.25, 0.3) is 5.91 Å². The van der Waals surface area contributed by atoms with Gasteiger partial charge in [0.05, 0.1) is 23.9 Å². The van der Waals surface area contributed by atoms with Crippen molar-refractivity contribution in [3.63, 3.8) is 0 Å². The fourth-order valence-electron chi connectivity index (χ4n) is 2.42. The smallest absolute Gasteiger partial charge is 0.253 e. The highest BCUT2D eigenvalue weighted by Crippen LogP contribution is 2.22. The van der Waals surface area contributed by atoms with E-state index < -0.39 is 6.04 Å². The van der Waals surface area contributed by atoms with E-state index >= 15 is 0 Å². The van der Waals surface area contributed by atoms with Gasteiger partial charge in [0, 0.05) is 11.4 Å². The maximum Gasteiger partial charge on any atom is 0.253 e. The number of aryl methyl sites for hydroxylation is 1. The molecule has 2 rings (SSSR count). The minimum atomic E-state index is -0.623. The average molecular weight is 343 g/mol. The van der Waals surface area contributed by atoms with Gasteiger partial charge in [0.2, 0.25) is 5.91 Å². The molecule has 0 saturated heterocycles. The molecule has 0 spiro atoms. The molecule has 0 bridgehead atoms. The number of benzene rings is 1. The third kappa shape index (κ3) is 4.47. The summed E-state index contributed by atoms with van der Waals surface area (Å²) in [5, 5.41) is 6.41. The van der Waals surface area contributed by atoms with Gasteiger partial charge >= 0.3 is 0 Å². The molecule has 6 heteroatoms. The maximum absolute atomic E-state index is 12.6. The summed E-state index contributed by atoms with van der Waals surface area (Å²) < 4.78 is 5.22. The summed E-state index contributed by atoms with van der Waals surface area (Å²) in [7, 11) is 1.59. The van der Waals surface area contributed by atoms with Crippen molar-refractivity contribution >= 4 is 22.7 Å². The fourth-order valence-corrected chi connectivity index (χ4v) is 2.42. The molecule has 0 unspecified atom stereocenters. The number of hydrogen-bond acceptors (Lipinski definition) is 4. The van der Waals surface area contributed by atoms with Crippen LogP contribution in [0.2, 0.25) is 0 Å². The lowest BCUT2D eigenvalue weighted by Crippen LogP contribution is -2.47. The number of methoxy groups -OCH3 is 1. The average Bonchev–Trinajstić information content (AvgIpc) is 2.60. The minimum absolute atomic E-state index is 0.0726. The highest BCUT2D eigenvalue weighted by Gasteiger charge is 2.19. The van der Waals surface area contributed by atoms with E-state index in [0.29, 0.717) is 17.0 Å². The maximum atomic E-state index is 12.6. The fraction of sp³-hybridized carbons (Fsp3) is 0.421. The summed E-state index contributed by atoms with van der Waals surface area (Å²) >= 11 is 0. The molecule has 2 aromatic rings. The van der Waals surface area contributed by atoms with Crippen LogP contribution < -0.4 is 15.4 Å². The predicted molar refractivity (Wildman–Crippen MR) is 97.9 cm³/mol. The summed E-state index contributed by atoms with van der Waals surface area (Å²) in [6.07, 6.45) is 0.835. The molecule has 2 amide bonds. The molecule has 0 aliphatic carbocycles. The quantitative estimate of drug-likeness (QED) is 0.845. The summed E-state index contributed by atoms with van der Waals surface area (Å²) in [5.41, 5.74) is 1.85. The van der Waals surface area contributed by atoms with Gasteiger partial charge in [-0.05, 0) is 51.5 Å². The van der Waals surface area contributed by atoms with Crippen molar-refractivity contribution in [2.75, 3.05) is 7.11 Å². The number of carbonyl (C=O) groups excluding carboxylic acids is 2. The molecule has 2 atom stereocenters. The second-order valence-corrected chi connectivity index (χ2v) is 6.19. The number of hydrogen-bond donors (Lipinski definition) is 2. The second kappa shape index (κ2) is 7.96. The Hall–Kier alpha value is -2.63. The molecular formula is C19H25N3O3. The molecule has 6 nitrogen and oxygen atoms in total. The van der Waals surface area contributed by atoms with Crippen LogP contribution in [-0.4, -0.2) is 36.0 Å². The van der Waals surface area contributed by atoms with Crippen molar-refractivity contribution in [3.8, 4) is 5.75 Å². The number of amides is 2. The number of aromatic nitrogens is 1. The molecule has 1 heterocycles. The number of rotatable bonds is 6. The zero-order valence-corrected chi connectivity index (χ0v) is 15.3. The van der Waals surface area contributed by atoms with Gasteiger partial charge < -0.3 is 15.4 Å². The number of nitrogens with zero attached hydrogens (tertiary/aromatic N) is 1. The van der Waals surface area contributed by atoms with E-state index in [1.165, 1.54) is 0 Å². The van der Waals surface area contributed by atoms with Crippen LogP contribution in [0.1, 0.15) is 43.2 Å². The normalized spacial score (nSPS) is 13.2. The molecule has 2 N–H and O–H groups in total. The number of ether oxygens (including phenoxy) is 1. The van der Waals surface area contributed by atoms with Gasteiger partial charge in [-0.3, -0.25) is 14.6 Å². The SMILES string of the molecule is CC[C@@H](C)NC(=O)[C@H](C)NC(=O)c1cc2cc(OC)ccc2nc1C. The Morgan fingerprint density at radius 1 is 1.20 bits per heavy atom. The van der Waals surface area contributed by atoms with Crippen molar-refractivity contribution in [2.24, 2.45) is 0 Å². The van der Waals surface area contributed by atoms with Crippen molar-refractivity contribution in [2.45, 2.75) is 46.2 Å². The summed E-state index contributed by atoms with van der Waals surface area (Å²) in [6, 6.07) is 6.73. The molecule has 0 radical (unpaired) electrons. The van der Waals surface area contributed by atoms with Gasteiger partial charge in [-0.25, -0.2) is 0 Å². The van der Waals surface area contributed by atoms with Crippen LogP contribution in [-0.2, 0) is 4.79 Å². The van der Waals surface area contributed by atoms with Crippen LogP contribution >= 0.6 is 0 Å². The van der Waals surface area contributed by atoms with Gasteiger partial charge in [0.1, 0.15) is 11.8 Å². The van der Waals surface area contributed by atoms with Gasteiger partial charge in [-0.15, -0.1) is 0 Å². The molecular weight excluding hydrogens is 318 g/mol. The Bertz CT molecular complexity index is 789. The molecule has 0 saturated carbocycles. The highest BCUT2D eigenvalue weighted by atomic mass is 16.5. The highest BCUT2D eigenvalue weighted by molar-refractivity contribution is 6.00. The molecule has 0 aliphatic heterocycles. The van der Waals surface area contributed by atoms with Crippen molar-refractivity contribution in [1.82, 2.24) is 15.6 Å². The topological polar surface area (TPSA) is 80.3 Å². The molecule has 0 aliphatic rings. The van der Waals surface area contributed by atoms with Crippen LogP contribution in [0.4, 0.5) is 0 Å². The van der Waals surface area contributed by atoms with E-state index in [2.05, 4.69) is 15.6 Å². The van der Waals surface area contributed by atoms with Crippen molar-refractivity contribution in [1.29, 1.82) is 0 Å². The van der Waals surface area contributed by atoms with E-state index in [0.717, 1.165) is 17.3 Å². The molecule has 1 aromatic carbocycles. The van der Waals surface area contributed by atoms with Crippen molar-refractivity contribution < 1.29 is 14.3 Å². The first kappa shape index (κ1) is 18.7. The van der Waals surface area contributed by atoms with Crippen LogP contribution in [0.3, 0.4) is 0 Å². The van der Waals surface area contributed by atoms with Gasteiger partial charge in [-0.1, -0.05) is 6.92 Å². The Balaban J connectivity index is 2.20. The van der Waals surface area contributed by atoms with E-state index in [4.69, 9.17) is 4.74 Å². The van der Waals surface area contributed by atoms with Crippen LogP contribution in [0, 0.1) is 6.92 Å². The predicted octanol–water partition coefficient (Wildman–Crippen LogP) is 2.58. The second-order valence-electron chi connectivity index (χ2n) is 6.19. The molecule has 25 heavy (non-hydrogen) atoms. The molecule has 1 aromatic heterocycles. The lowest BCUT2D eigenvalue weighted by molar-refractivity contribution is -0.123. The first-order valence-corrected chi connectivity index (χ1v) is 8.42. The zero-order chi connectivity index (χ0) is 18.6.